The van der Waals surface area contributed by atoms with Gasteiger partial charge in [-0.25, -0.2) is 0 Å². The molecule has 0 amide bonds. The van der Waals surface area contributed by atoms with Crippen molar-refractivity contribution >= 4 is 16.7 Å². The fourth-order valence-electron chi connectivity index (χ4n) is 5.00. The normalized spacial score (nSPS) is 19.8. The molecular formula is C28H33NO2. The van der Waals surface area contributed by atoms with Gasteiger partial charge in [0.1, 0.15) is 0 Å². The molecular weight excluding hydrogens is 382 g/mol. The molecule has 3 aromatic rings. The SMILES string of the molecule is CCOC(=O)Cc1ccc([C@H]2CCCC(NC(C)c3cccc4ccccc34)C2)cc1. The van der Waals surface area contributed by atoms with Crippen molar-refractivity contribution in [1.29, 1.82) is 0 Å². The van der Waals surface area contributed by atoms with Crippen molar-refractivity contribution in [3.63, 3.8) is 0 Å². The minimum absolute atomic E-state index is 0.153. The lowest BCUT2D eigenvalue weighted by molar-refractivity contribution is -0.142. The number of esters is 1. The summed E-state index contributed by atoms with van der Waals surface area (Å²) in [6.07, 6.45) is 5.22. The van der Waals surface area contributed by atoms with Gasteiger partial charge in [0.15, 0.2) is 0 Å². The molecule has 31 heavy (non-hydrogen) atoms. The van der Waals surface area contributed by atoms with Gasteiger partial charge < -0.3 is 10.1 Å². The first-order valence-electron chi connectivity index (χ1n) is 11.6. The molecule has 1 fully saturated rings. The zero-order valence-electron chi connectivity index (χ0n) is 18.6. The number of ether oxygens (including phenoxy) is 1. The fourth-order valence-corrected chi connectivity index (χ4v) is 5.00. The Balaban J connectivity index is 1.40. The standard InChI is InChI=1S/C28H33NO2/c1-3-31-28(30)18-21-14-16-22(17-15-21)24-10-6-11-25(19-24)29-20(2)26-13-7-9-23-8-4-5-12-27(23)26/h4-5,7-9,12-17,20,24-25,29H,3,6,10-11,18-19H2,1-2H3/t20?,24-,25?/m0/s1. The molecule has 3 heteroatoms. The number of benzene rings is 3. The van der Waals surface area contributed by atoms with E-state index in [1.54, 1.807) is 0 Å². The van der Waals surface area contributed by atoms with Crippen LogP contribution in [0, 0.1) is 0 Å². The van der Waals surface area contributed by atoms with E-state index in [0.29, 0.717) is 31.0 Å². The molecule has 1 aliphatic rings. The van der Waals surface area contributed by atoms with Gasteiger partial charge in [-0.2, -0.15) is 0 Å². The van der Waals surface area contributed by atoms with E-state index in [1.165, 1.54) is 41.2 Å². The highest BCUT2D eigenvalue weighted by Gasteiger charge is 2.25. The van der Waals surface area contributed by atoms with Crippen LogP contribution in [0.1, 0.15) is 68.2 Å². The van der Waals surface area contributed by atoms with Crippen molar-refractivity contribution in [2.24, 2.45) is 0 Å². The van der Waals surface area contributed by atoms with E-state index in [2.05, 4.69) is 79.0 Å². The second-order valence-electron chi connectivity index (χ2n) is 8.74. The maximum absolute atomic E-state index is 11.7. The van der Waals surface area contributed by atoms with Crippen molar-refractivity contribution in [1.82, 2.24) is 5.32 Å². The van der Waals surface area contributed by atoms with Crippen LogP contribution < -0.4 is 5.32 Å². The topological polar surface area (TPSA) is 38.3 Å². The molecule has 4 rings (SSSR count). The second-order valence-corrected chi connectivity index (χ2v) is 8.74. The minimum atomic E-state index is -0.153. The molecule has 0 radical (unpaired) electrons. The first-order chi connectivity index (χ1) is 15.1. The molecule has 0 spiro atoms. The molecule has 1 N–H and O–H groups in total. The first-order valence-corrected chi connectivity index (χ1v) is 11.6. The van der Waals surface area contributed by atoms with Gasteiger partial charge in [-0.3, -0.25) is 4.79 Å². The van der Waals surface area contributed by atoms with E-state index in [9.17, 15) is 4.79 Å². The molecule has 2 unspecified atom stereocenters. The van der Waals surface area contributed by atoms with E-state index >= 15 is 0 Å². The van der Waals surface area contributed by atoms with E-state index in [-0.39, 0.29) is 5.97 Å². The van der Waals surface area contributed by atoms with Gasteiger partial charge in [0.2, 0.25) is 0 Å². The van der Waals surface area contributed by atoms with E-state index in [0.717, 1.165) is 12.0 Å². The Bertz CT molecular complexity index is 1010. The highest BCUT2D eigenvalue weighted by atomic mass is 16.5. The Morgan fingerprint density at radius 1 is 1.03 bits per heavy atom. The van der Waals surface area contributed by atoms with Crippen LogP contribution in [-0.4, -0.2) is 18.6 Å². The van der Waals surface area contributed by atoms with Crippen LogP contribution in [0.25, 0.3) is 10.8 Å². The monoisotopic (exact) mass is 415 g/mol. The zero-order chi connectivity index (χ0) is 21.6. The largest absolute Gasteiger partial charge is 0.466 e. The summed E-state index contributed by atoms with van der Waals surface area (Å²) in [6.45, 7) is 4.57. The van der Waals surface area contributed by atoms with Gasteiger partial charge in [-0.05, 0) is 66.5 Å². The van der Waals surface area contributed by atoms with E-state index in [1.807, 2.05) is 6.92 Å². The molecule has 0 aromatic heterocycles. The summed E-state index contributed by atoms with van der Waals surface area (Å²) in [5, 5.41) is 6.56. The average Bonchev–Trinajstić information content (AvgIpc) is 2.79. The molecule has 162 valence electrons. The third kappa shape index (κ3) is 5.34. The van der Waals surface area contributed by atoms with Crippen LogP contribution in [0.15, 0.2) is 66.7 Å². The maximum Gasteiger partial charge on any atom is 0.310 e. The summed E-state index contributed by atoms with van der Waals surface area (Å²) >= 11 is 0. The lowest BCUT2D eigenvalue weighted by Crippen LogP contribution is -2.35. The Kier molecular flexibility index (Phi) is 7.03. The van der Waals surface area contributed by atoms with Crippen molar-refractivity contribution in [2.45, 2.75) is 64.0 Å². The number of hydrogen-bond donors (Lipinski definition) is 1. The molecule has 3 aromatic carbocycles. The van der Waals surface area contributed by atoms with Gasteiger partial charge in [0.05, 0.1) is 13.0 Å². The number of nitrogens with one attached hydrogen (secondary N) is 1. The Labute approximate surface area is 185 Å². The third-order valence-corrected chi connectivity index (χ3v) is 6.55. The van der Waals surface area contributed by atoms with Crippen molar-refractivity contribution in [2.75, 3.05) is 6.61 Å². The van der Waals surface area contributed by atoms with Crippen molar-refractivity contribution in [3.05, 3.63) is 83.4 Å². The summed E-state index contributed by atoms with van der Waals surface area (Å²) in [4.78, 5) is 11.7. The first kappa shape index (κ1) is 21.6. The second kappa shape index (κ2) is 10.1. The molecule has 1 saturated carbocycles. The summed E-state index contributed by atoms with van der Waals surface area (Å²) in [5.41, 5.74) is 3.79. The average molecular weight is 416 g/mol. The molecule has 0 bridgehead atoms. The summed E-state index contributed by atoms with van der Waals surface area (Å²) in [7, 11) is 0. The minimum Gasteiger partial charge on any atom is -0.466 e. The molecule has 3 atom stereocenters. The number of carbonyl (C=O) groups is 1. The number of fused-ring (bicyclic) bond motifs is 1. The number of hydrogen-bond acceptors (Lipinski definition) is 3. The summed E-state index contributed by atoms with van der Waals surface area (Å²) < 4.78 is 5.06. The lowest BCUT2D eigenvalue weighted by Gasteiger charge is -2.32. The fraction of sp³-hybridized carbons (Fsp3) is 0.393. The van der Waals surface area contributed by atoms with Crippen LogP contribution in [0.5, 0.6) is 0 Å². The smallest absolute Gasteiger partial charge is 0.310 e. The highest BCUT2D eigenvalue weighted by molar-refractivity contribution is 5.86. The number of carbonyl (C=O) groups excluding carboxylic acids is 1. The summed E-state index contributed by atoms with van der Waals surface area (Å²) in [6, 6.07) is 24.7. The van der Waals surface area contributed by atoms with Gasteiger partial charge in [-0.1, -0.05) is 73.2 Å². The summed E-state index contributed by atoms with van der Waals surface area (Å²) in [5.74, 6) is 0.419. The van der Waals surface area contributed by atoms with E-state index < -0.39 is 0 Å². The molecule has 0 saturated heterocycles. The van der Waals surface area contributed by atoms with Crippen molar-refractivity contribution < 1.29 is 9.53 Å². The highest BCUT2D eigenvalue weighted by Crippen LogP contribution is 2.34. The van der Waals surface area contributed by atoms with Crippen molar-refractivity contribution in [3.8, 4) is 0 Å². The van der Waals surface area contributed by atoms with Crippen LogP contribution in [-0.2, 0) is 16.0 Å². The molecule has 1 aliphatic carbocycles. The van der Waals surface area contributed by atoms with Crippen LogP contribution in [0.2, 0.25) is 0 Å². The van der Waals surface area contributed by atoms with E-state index in [4.69, 9.17) is 4.74 Å². The predicted molar refractivity (Wildman–Crippen MR) is 127 cm³/mol. The quantitative estimate of drug-likeness (QED) is 0.459. The zero-order valence-corrected chi connectivity index (χ0v) is 18.6. The van der Waals surface area contributed by atoms with Crippen LogP contribution >= 0.6 is 0 Å². The van der Waals surface area contributed by atoms with Gasteiger partial charge in [0, 0.05) is 12.1 Å². The predicted octanol–water partition coefficient (Wildman–Crippen LogP) is 6.32. The maximum atomic E-state index is 11.7. The Hall–Kier alpha value is -2.65. The molecule has 0 aliphatic heterocycles. The third-order valence-electron chi connectivity index (χ3n) is 6.55. The van der Waals surface area contributed by atoms with Crippen LogP contribution in [0.3, 0.4) is 0 Å². The van der Waals surface area contributed by atoms with Gasteiger partial charge >= 0.3 is 5.97 Å². The van der Waals surface area contributed by atoms with Crippen LogP contribution in [0.4, 0.5) is 0 Å². The molecule has 0 heterocycles. The lowest BCUT2D eigenvalue weighted by atomic mass is 9.80. The number of rotatable bonds is 7. The van der Waals surface area contributed by atoms with Gasteiger partial charge in [-0.15, -0.1) is 0 Å². The molecule has 3 nitrogen and oxygen atoms in total. The Morgan fingerprint density at radius 3 is 2.61 bits per heavy atom. The Morgan fingerprint density at radius 2 is 1.81 bits per heavy atom. The van der Waals surface area contributed by atoms with Gasteiger partial charge in [0.25, 0.3) is 0 Å².